The van der Waals surface area contributed by atoms with Gasteiger partial charge in [-0.05, 0) is 70.6 Å². The van der Waals surface area contributed by atoms with Gasteiger partial charge in [-0.3, -0.25) is 4.79 Å². The van der Waals surface area contributed by atoms with E-state index in [0.717, 1.165) is 3.57 Å². The van der Waals surface area contributed by atoms with E-state index in [-0.39, 0.29) is 5.58 Å². The van der Waals surface area contributed by atoms with Gasteiger partial charge < -0.3 is 9.15 Å². The lowest BCUT2D eigenvalue weighted by molar-refractivity contribution is -0.112. The monoisotopic (exact) mass is 510 g/mol. The maximum atomic E-state index is 12.6. The number of rotatable bonds is 6. The Kier molecular flexibility index (Phi) is 5.99. The van der Waals surface area contributed by atoms with Crippen molar-refractivity contribution >= 4 is 55.3 Å². The lowest BCUT2D eigenvalue weighted by atomic mass is 10.2. The van der Waals surface area contributed by atoms with Gasteiger partial charge in [-0.2, -0.15) is 0 Å². The van der Waals surface area contributed by atoms with Gasteiger partial charge in [-0.1, -0.05) is 18.2 Å². The smallest absolute Gasteiger partial charge is 0.355 e. The van der Waals surface area contributed by atoms with Gasteiger partial charge in [-0.15, -0.1) is 0 Å². The van der Waals surface area contributed by atoms with Crippen molar-refractivity contribution in [2.75, 3.05) is 12.9 Å². The molecule has 3 aromatic rings. The SMILES string of the molecule is COc1ccc(/C=C/C(=O)CS(=O)(=O)c2cc3cc(I)ccc3oc2=O)cc1. The van der Waals surface area contributed by atoms with Crippen LogP contribution in [0.15, 0.2) is 68.7 Å². The Morgan fingerprint density at radius 3 is 2.54 bits per heavy atom. The van der Waals surface area contributed by atoms with Gasteiger partial charge in [0, 0.05) is 8.96 Å². The van der Waals surface area contributed by atoms with Crippen LogP contribution in [0.25, 0.3) is 17.0 Å². The van der Waals surface area contributed by atoms with Crippen molar-refractivity contribution in [3.63, 3.8) is 0 Å². The van der Waals surface area contributed by atoms with Crippen molar-refractivity contribution in [1.82, 2.24) is 0 Å². The molecule has 0 atom stereocenters. The number of carbonyl (C=O) groups is 1. The van der Waals surface area contributed by atoms with Crippen molar-refractivity contribution < 1.29 is 22.4 Å². The van der Waals surface area contributed by atoms with Gasteiger partial charge in [0.2, 0.25) is 0 Å². The molecular weight excluding hydrogens is 495 g/mol. The topological polar surface area (TPSA) is 90.7 Å². The molecule has 2 aromatic carbocycles. The van der Waals surface area contributed by atoms with Crippen LogP contribution in [0, 0.1) is 3.57 Å². The van der Waals surface area contributed by atoms with Crippen LogP contribution in [-0.2, 0) is 14.6 Å². The first-order valence-corrected chi connectivity index (χ1v) is 10.8. The van der Waals surface area contributed by atoms with Crippen molar-refractivity contribution in [2.45, 2.75) is 4.90 Å². The molecule has 0 spiro atoms. The molecule has 0 aliphatic rings. The third-order valence-corrected chi connectivity index (χ3v) is 6.20. The zero-order valence-electron chi connectivity index (χ0n) is 14.7. The van der Waals surface area contributed by atoms with Crippen LogP contribution in [0.5, 0.6) is 5.75 Å². The number of allylic oxidation sites excluding steroid dienone is 1. The number of hydrogen-bond donors (Lipinski definition) is 0. The molecule has 0 aliphatic heterocycles. The summed E-state index contributed by atoms with van der Waals surface area (Å²) in [7, 11) is -2.59. The highest BCUT2D eigenvalue weighted by atomic mass is 127. The largest absolute Gasteiger partial charge is 0.497 e. The van der Waals surface area contributed by atoms with Crippen LogP contribution < -0.4 is 10.4 Å². The van der Waals surface area contributed by atoms with E-state index in [1.165, 1.54) is 18.2 Å². The van der Waals surface area contributed by atoms with Crippen LogP contribution in [0.4, 0.5) is 0 Å². The van der Waals surface area contributed by atoms with E-state index in [1.54, 1.807) is 49.6 Å². The van der Waals surface area contributed by atoms with Gasteiger partial charge in [0.1, 0.15) is 17.1 Å². The van der Waals surface area contributed by atoms with Crippen LogP contribution in [-0.4, -0.2) is 27.1 Å². The van der Waals surface area contributed by atoms with Crippen molar-refractivity contribution in [1.29, 1.82) is 0 Å². The molecule has 1 heterocycles. The number of hydrogen-bond acceptors (Lipinski definition) is 6. The lowest BCUT2D eigenvalue weighted by Gasteiger charge is -2.03. The van der Waals surface area contributed by atoms with Gasteiger partial charge in [0.25, 0.3) is 0 Å². The minimum atomic E-state index is -4.14. The average molecular weight is 510 g/mol. The Morgan fingerprint density at radius 2 is 1.86 bits per heavy atom. The highest BCUT2D eigenvalue weighted by Crippen LogP contribution is 2.19. The highest BCUT2D eigenvalue weighted by molar-refractivity contribution is 14.1. The van der Waals surface area contributed by atoms with Crippen LogP contribution in [0.2, 0.25) is 0 Å². The average Bonchev–Trinajstić information content (AvgIpc) is 2.66. The van der Waals surface area contributed by atoms with Crippen molar-refractivity contribution in [2.24, 2.45) is 0 Å². The fourth-order valence-electron chi connectivity index (χ4n) is 2.51. The molecule has 0 bridgehead atoms. The molecule has 0 saturated heterocycles. The second kappa shape index (κ2) is 8.27. The summed E-state index contributed by atoms with van der Waals surface area (Å²) in [6, 6.07) is 13.2. The number of fused-ring (bicyclic) bond motifs is 1. The number of sulfone groups is 1. The van der Waals surface area contributed by atoms with Crippen LogP contribution >= 0.6 is 22.6 Å². The van der Waals surface area contributed by atoms with E-state index in [1.807, 2.05) is 0 Å². The Morgan fingerprint density at radius 1 is 1.14 bits per heavy atom. The Bertz CT molecular complexity index is 1220. The lowest BCUT2D eigenvalue weighted by Crippen LogP contribution is -2.20. The number of carbonyl (C=O) groups excluding carboxylic acids is 1. The molecule has 3 rings (SSSR count). The summed E-state index contributed by atoms with van der Waals surface area (Å²) in [6.45, 7) is 0. The highest BCUT2D eigenvalue weighted by Gasteiger charge is 2.23. The van der Waals surface area contributed by atoms with Crippen LogP contribution in [0.1, 0.15) is 5.56 Å². The zero-order valence-corrected chi connectivity index (χ0v) is 17.7. The maximum Gasteiger partial charge on any atom is 0.355 e. The van der Waals surface area contributed by atoms with Crippen molar-refractivity contribution in [3.05, 3.63) is 74.2 Å². The van der Waals surface area contributed by atoms with Gasteiger partial charge >= 0.3 is 5.63 Å². The fourth-order valence-corrected chi connectivity index (χ4v) is 4.25. The normalized spacial score (nSPS) is 11.8. The third-order valence-electron chi connectivity index (χ3n) is 3.91. The molecule has 144 valence electrons. The molecule has 0 saturated carbocycles. The predicted octanol–water partition coefficient (Wildman–Crippen LogP) is 3.46. The van der Waals surface area contributed by atoms with E-state index in [2.05, 4.69) is 22.6 Å². The number of halogens is 1. The Balaban J connectivity index is 1.83. The maximum absolute atomic E-state index is 12.6. The molecule has 28 heavy (non-hydrogen) atoms. The second-order valence-corrected chi connectivity index (χ2v) is 9.12. The summed E-state index contributed by atoms with van der Waals surface area (Å²) in [5.74, 6) is -0.790. The summed E-state index contributed by atoms with van der Waals surface area (Å²) < 4.78 is 36.1. The quantitative estimate of drug-likeness (QED) is 0.287. The van der Waals surface area contributed by atoms with Gasteiger partial charge in [-0.25, -0.2) is 13.2 Å². The summed E-state index contributed by atoms with van der Waals surface area (Å²) in [5, 5.41) is 0.478. The van der Waals surface area contributed by atoms with E-state index in [9.17, 15) is 18.0 Å². The molecular formula is C20H15IO6S. The van der Waals surface area contributed by atoms with Crippen LogP contribution in [0.3, 0.4) is 0 Å². The summed E-state index contributed by atoms with van der Waals surface area (Å²) >= 11 is 2.07. The summed E-state index contributed by atoms with van der Waals surface area (Å²) in [4.78, 5) is 23.7. The fraction of sp³-hybridized carbons (Fsp3) is 0.100. The minimum Gasteiger partial charge on any atom is -0.497 e. The number of methoxy groups -OCH3 is 1. The Hall–Kier alpha value is -2.46. The summed E-state index contributed by atoms with van der Waals surface area (Å²) in [6.07, 6.45) is 2.67. The zero-order chi connectivity index (χ0) is 20.3. The van der Waals surface area contributed by atoms with E-state index in [0.29, 0.717) is 16.7 Å². The van der Waals surface area contributed by atoms with Crippen molar-refractivity contribution in [3.8, 4) is 5.75 Å². The first kappa shape index (κ1) is 20.3. The van der Waals surface area contributed by atoms with E-state index < -0.39 is 31.9 Å². The molecule has 0 unspecified atom stereocenters. The minimum absolute atomic E-state index is 0.287. The first-order chi connectivity index (χ1) is 13.3. The van der Waals surface area contributed by atoms with Gasteiger partial charge in [0.05, 0.1) is 7.11 Å². The third kappa shape index (κ3) is 4.68. The second-order valence-electron chi connectivity index (χ2n) is 5.91. The molecule has 0 amide bonds. The first-order valence-electron chi connectivity index (χ1n) is 8.09. The molecule has 8 heteroatoms. The molecule has 6 nitrogen and oxygen atoms in total. The predicted molar refractivity (Wildman–Crippen MR) is 114 cm³/mol. The molecule has 0 radical (unpaired) electrons. The Labute approximate surface area is 174 Å². The molecule has 0 fully saturated rings. The summed E-state index contributed by atoms with van der Waals surface area (Å²) in [5.41, 5.74) is 0.0158. The molecule has 0 aliphatic carbocycles. The van der Waals surface area contributed by atoms with Gasteiger partial charge in [0.15, 0.2) is 20.5 Å². The molecule has 0 N–H and O–H groups in total. The number of ether oxygens (including phenoxy) is 1. The number of benzene rings is 2. The van der Waals surface area contributed by atoms with E-state index >= 15 is 0 Å². The molecule has 1 aromatic heterocycles. The standard InChI is InChI=1S/C20H15IO6S/c1-26-17-7-3-13(4-8-17)2-6-16(22)12-28(24,25)19-11-14-10-15(21)5-9-18(14)27-20(19)23/h2-11H,12H2,1H3/b6-2+. The van der Waals surface area contributed by atoms with E-state index in [4.69, 9.17) is 9.15 Å². The number of ketones is 1.